The van der Waals surface area contributed by atoms with Gasteiger partial charge in [0.15, 0.2) is 0 Å². The Labute approximate surface area is 105 Å². The fraction of sp³-hybridized carbons (Fsp3) is 0.133. The highest BCUT2D eigenvalue weighted by Gasteiger charge is 2.15. The Morgan fingerprint density at radius 3 is 2.56 bits per heavy atom. The second-order valence-corrected chi connectivity index (χ2v) is 4.25. The first-order valence-corrected chi connectivity index (χ1v) is 5.70. The van der Waals surface area contributed by atoms with Crippen LogP contribution in [0.3, 0.4) is 0 Å². The topological polar surface area (TPSA) is 42.2 Å². The molecule has 3 heteroatoms. The minimum atomic E-state index is 0.652. The zero-order valence-electron chi connectivity index (χ0n) is 9.93. The monoisotopic (exact) mass is 237 g/mol. The fourth-order valence-electron chi connectivity index (χ4n) is 1.91. The van der Waals surface area contributed by atoms with E-state index in [4.69, 9.17) is 14.7 Å². The molecule has 3 rings (SSSR count). The molecule has 0 N–H and O–H groups in total. The van der Waals surface area contributed by atoms with E-state index in [0.29, 0.717) is 12.2 Å². The van der Waals surface area contributed by atoms with E-state index in [-0.39, 0.29) is 0 Å². The molecule has 0 saturated heterocycles. The Kier molecular flexibility index (Phi) is 2.42. The van der Waals surface area contributed by atoms with Crippen LogP contribution in [0.4, 0.5) is 0 Å². The number of fused-ring (bicyclic) bond motifs is 1. The van der Waals surface area contributed by atoms with Gasteiger partial charge in [-0.05, 0) is 48.9 Å². The third-order valence-corrected chi connectivity index (χ3v) is 2.97. The molecule has 0 spiro atoms. The molecule has 18 heavy (non-hydrogen) atoms. The molecule has 0 aliphatic carbocycles. The first-order chi connectivity index (χ1) is 8.76. The molecular weight excluding hydrogens is 226 g/mol. The molecule has 2 aromatic rings. The van der Waals surface area contributed by atoms with Crippen LogP contribution in [-0.2, 0) is 6.61 Å². The van der Waals surface area contributed by atoms with Crippen molar-refractivity contribution in [1.29, 1.82) is 5.26 Å². The summed E-state index contributed by atoms with van der Waals surface area (Å²) in [4.78, 5) is 0. The summed E-state index contributed by atoms with van der Waals surface area (Å²) >= 11 is 0. The predicted molar refractivity (Wildman–Crippen MR) is 66.7 cm³/mol. The van der Waals surface area contributed by atoms with Gasteiger partial charge in [0, 0.05) is 5.56 Å². The zero-order chi connectivity index (χ0) is 12.5. The Hall–Kier alpha value is -2.47. The molecule has 3 nitrogen and oxygen atoms in total. The molecule has 0 bridgehead atoms. The molecule has 0 fully saturated rings. The van der Waals surface area contributed by atoms with E-state index in [0.717, 1.165) is 28.4 Å². The molecule has 0 atom stereocenters. The van der Waals surface area contributed by atoms with E-state index >= 15 is 0 Å². The lowest BCUT2D eigenvalue weighted by molar-refractivity contribution is 0.242. The first-order valence-electron chi connectivity index (χ1n) is 5.70. The third kappa shape index (κ3) is 1.78. The van der Waals surface area contributed by atoms with Gasteiger partial charge >= 0.3 is 0 Å². The Bertz CT molecular complexity index is 656. The van der Waals surface area contributed by atoms with E-state index < -0.39 is 0 Å². The summed E-state index contributed by atoms with van der Waals surface area (Å²) in [5.41, 5.74) is 2.76. The summed E-state index contributed by atoms with van der Waals surface area (Å²) in [6, 6.07) is 13.4. The van der Waals surface area contributed by atoms with E-state index in [1.807, 2.05) is 31.2 Å². The van der Waals surface area contributed by atoms with Gasteiger partial charge in [-0.2, -0.15) is 5.26 Å². The Morgan fingerprint density at radius 1 is 1.17 bits per heavy atom. The third-order valence-electron chi connectivity index (χ3n) is 2.97. The summed E-state index contributed by atoms with van der Waals surface area (Å²) in [6.07, 6.45) is 0. The molecule has 0 unspecified atom stereocenters. The number of nitriles is 1. The SMILES string of the molecule is Cc1cc(Oc2ccc3c(c2)CO3)ccc1C#N. The van der Waals surface area contributed by atoms with Gasteiger partial charge in [0.2, 0.25) is 0 Å². The van der Waals surface area contributed by atoms with Crippen molar-refractivity contribution in [1.82, 2.24) is 0 Å². The number of ether oxygens (including phenoxy) is 2. The molecular formula is C15H11NO2. The lowest BCUT2D eigenvalue weighted by Crippen LogP contribution is -2.08. The summed E-state index contributed by atoms with van der Waals surface area (Å²) in [7, 11) is 0. The molecule has 1 aliphatic heterocycles. The minimum Gasteiger partial charge on any atom is -0.488 e. The molecule has 2 aromatic carbocycles. The molecule has 0 radical (unpaired) electrons. The fourth-order valence-corrected chi connectivity index (χ4v) is 1.91. The van der Waals surface area contributed by atoms with Gasteiger partial charge < -0.3 is 9.47 Å². The van der Waals surface area contributed by atoms with Gasteiger partial charge in [-0.1, -0.05) is 0 Å². The normalized spacial score (nSPS) is 11.8. The first kappa shape index (κ1) is 10.7. The van der Waals surface area contributed by atoms with Crippen LogP contribution in [0.15, 0.2) is 36.4 Å². The van der Waals surface area contributed by atoms with E-state index in [1.54, 1.807) is 12.1 Å². The second-order valence-electron chi connectivity index (χ2n) is 4.25. The van der Waals surface area contributed by atoms with Crippen molar-refractivity contribution in [3.63, 3.8) is 0 Å². The molecule has 0 aromatic heterocycles. The van der Waals surface area contributed by atoms with Crippen LogP contribution in [0.25, 0.3) is 0 Å². The lowest BCUT2D eigenvalue weighted by atomic mass is 10.1. The number of rotatable bonds is 2. The zero-order valence-corrected chi connectivity index (χ0v) is 9.93. The molecule has 0 amide bonds. The van der Waals surface area contributed by atoms with Crippen LogP contribution in [0.1, 0.15) is 16.7 Å². The average molecular weight is 237 g/mol. The van der Waals surface area contributed by atoms with E-state index in [9.17, 15) is 0 Å². The van der Waals surface area contributed by atoms with Gasteiger partial charge in [0.05, 0.1) is 11.6 Å². The number of nitrogens with zero attached hydrogens (tertiary/aromatic N) is 1. The quantitative estimate of drug-likeness (QED) is 0.802. The molecule has 88 valence electrons. The van der Waals surface area contributed by atoms with Crippen molar-refractivity contribution in [2.45, 2.75) is 13.5 Å². The van der Waals surface area contributed by atoms with Crippen LogP contribution in [0, 0.1) is 18.3 Å². The average Bonchev–Trinajstić information content (AvgIpc) is 2.33. The van der Waals surface area contributed by atoms with Crippen molar-refractivity contribution in [2.75, 3.05) is 0 Å². The number of benzene rings is 2. The van der Waals surface area contributed by atoms with Gasteiger partial charge in [-0.25, -0.2) is 0 Å². The highest BCUT2D eigenvalue weighted by Crippen LogP contribution is 2.34. The van der Waals surface area contributed by atoms with Crippen LogP contribution >= 0.6 is 0 Å². The van der Waals surface area contributed by atoms with Crippen molar-refractivity contribution in [3.05, 3.63) is 53.1 Å². The summed E-state index contributed by atoms with van der Waals surface area (Å²) in [5, 5.41) is 8.87. The largest absolute Gasteiger partial charge is 0.488 e. The molecule has 0 saturated carbocycles. The smallest absolute Gasteiger partial charge is 0.128 e. The Balaban J connectivity index is 1.86. The highest BCUT2D eigenvalue weighted by molar-refractivity contribution is 5.47. The van der Waals surface area contributed by atoms with Gasteiger partial charge in [-0.15, -0.1) is 0 Å². The van der Waals surface area contributed by atoms with Crippen LogP contribution < -0.4 is 9.47 Å². The van der Waals surface area contributed by atoms with E-state index in [1.165, 1.54) is 0 Å². The van der Waals surface area contributed by atoms with Crippen LogP contribution in [-0.4, -0.2) is 0 Å². The van der Waals surface area contributed by atoms with E-state index in [2.05, 4.69) is 6.07 Å². The second kappa shape index (κ2) is 4.08. The summed E-state index contributed by atoms with van der Waals surface area (Å²) < 4.78 is 11.0. The highest BCUT2D eigenvalue weighted by atomic mass is 16.5. The number of aryl methyl sites for hydroxylation is 1. The van der Waals surface area contributed by atoms with Crippen molar-refractivity contribution < 1.29 is 9.47 Å². The van der Waals surface area contributed by atoms with Crippen molar-refractivity contribution in [2.24, 2.45) is 0 Å². The van der Waals surface area contributed by atoms with Crippen molar-refractivity contribution in [3.8, 4) is 23.3 Å². The molecule has 1 heterocycles. The van der Waals surface area contributed by atoms with Gasteiger partial charge in [0.25, 0.3) is 0 Å². The van der Waals surface area contributed by atoms with Gasteiger partial charge in [0.1, 0.15) is 23.9 Å². The maximum Gasteiger partial charge on any atom is 0.128 e. The van der Waals surface area contributed by atoms with Crippen LogP contribution in [0.2, 0.25) is 0 Å². The lowest BCUT2D eigenvalue weighted by Gasteiger charge is -2.20. The summed E-state index contributed by atoms with van der Waals surface area (Å²) in [6.45, 7) is 2.55. The maximum absolute atomic E-state index is 8.87. The van der Waals surface area contributed by atoms with Crippen molar-refractivity contribution >= 4 is 0 Å². The van der Waals surface area contributed by atoms with Gasteiger partial charge in [-0.3, -0.25) is 0 Å². The molecule has 1 aliphatic rings. The summed E-state index contributed by atoms with van der Waals surface area (Å²) in [5.74, 6) is 2.46. The van der Waals surface area contributed by atoms with Crippen LogP contribution in [0.5, 0.6) is 17.2 Å². The maximum atomic E-state index is 8.87. The number of hydrogen-bond donors (Lipinski definition) is 0. The number of hydrogen-bond acceptors (Lipinski definition) is 3. The minimum absolute atomic E-state index is 0.652. The Morgan fingerprint density at radius 2 is 1.94 bits per heavy atom. The predicted octanol–water partition coefficient (Wildman–Crippen LogP) is 3.55. The standard InChI is InChI=1S/C15H11NO2/c1-10-6-13(3-2-11(10)8-16)18-14-4-5-15-12(7-14)9-17-15/h2-7H,9H2,1H3.